The molecule has 1 fully saturated rings. The number of hydrogen-bond acceptors (Lipinski definition) is 4. The van der Waals surface area contributed by atoms with Crippen LogP contribution in [-0.4, -0.2) is 42.9 Å². The summed E-state index contributed by atoms with van der Waals surface area (Å²) in [6, 6.07) is 6.31. The summed E-state index contributed by atoms with van der Waals surface area (Å²) in [4.78, 5) is 16.2. The number of hydrogen-bond donors (Lipinski definition) is 1. The molecule has 0 aromatic heterocycles. The molecule has 0 saturated carbocycles. The van der Waals surface area contributed by atoms with Gasteiger partial charge < -0.3 is 10.6 Å². The molecule has 0 spiro atoms. The van der Waals surface area contributed by atoms with Gasteiger partial charge in [0.2, 0.25) is 0 Å². The van der Waals surface area contributed by atoms with Gasteiger partial charge in [-0.3, -0.25) is 9.69 Å². The Morgan fingerprint density at radius 2 is 2.16 bits per heavy atom. The predicted octanol–water partition coefficient (Wildman–Crippen LogP) is 2.00. The van der Waals surface area contributed by atoms with Crippen LogP contribution in [0.1, 0.15) is 31.1 Å². The zero-order valence-electron chi connectivity index (χ0n) is 12.0. The van der Waals surface area contributed by atoms with Crippen molar-refractivity contribution in [3.63, 3.8) is 0 Å². The summed E-state index contributed by atoms with van der Waals surface area (Å²) >= 11 is 0. The van der Waals surface area contributed by atoms with E-state index < -0.39 is 0 Å². The van der Waals surface area contributed by atoms with Crippen molar-refractivity contribution in [2.75, 3.05) is 36.8 Å². The Morgan fingerprint density at radius 1 is 1.42 bits per heavy atom. The van der Waals surface area contributed by atoms with E-state index in [0.717, 1.165) is 31.9 Å². The third kappa shape index (κ3) is 2.89. The smallest absolute Gasteiger partial charge is 0.161 e. The van der Waals surface area contributed by atoms with Gasteiger partial charge in [-0.1, -0.05) is 6.92 Å². The van der Waals surface area contributed by atoms with Gasteiger partial charge in [-0.2, -0.15) is 0 Å². The standard InChI is InChI=1S/C15H23N3O/c1-4-17-7-8-18(10-11(17)2)13-5-6-14(12(3)19)15(16)9-13/h5-6,9,11H,4,7-8,10,16H2,1-3H3. The van der Waals surface area contributed by atoms with Gasteiger partial charge >= 0.3 is 0 Å². The number of rotatable bonds is 3. The number of nitrogen functional groups attached to an aromatic ring is 1. The van der Waals surface area contributed by atoms with Crippen molar-refractivity contribution in [1.82, 2.24) is 4.90 Å². The molecule has 104 valence electrons. The van der Waals surface area contributed by atoms with Crippen LogP contribution in [0, 0.1) is 0 Å². The maximum Gasteiger partial charge on any atom is 0.161 e. The number of anilines is 2. The SMILES string of the molecule is CCN1CCN(c2ccc(C(C)=O)c(N)c2)CC1C. The summed E-state index contributed by atoms with van der Waals surface area (Å²) in [5.41, 5.74) is 8.27. The maximum absolute atomic E-state index is 11.4. The first kappa shape index (κ1) is 13.9. The Balaban J connectivity index is 2.15. The van der Waals surface area contributed by atoms with Crippen LogP contribution in [0.3, 0.4) is 0 Å². The van der Waals surface area contributed by atoms with E-state index in [-0.39, 0.29) is 5.78 Å². The third-order valence-electron chi connectivity index (χ3n) is 3.95. The number of ketones is 1. The van der Waals surface area contributed by atoms with Crippen LogP contribution in [0.25, 0.3) is 0 Å². The highest BCUT2D eigenvalue weighted by Crippen LogP contribution is 2.24. The van der Waals surface area contributed by atoms with Crippen molar-refractivity contribution in [3.8, 4) is 0 Å². The molecule has 1 saturated heterocycles. The molecule has 1 heterocycles. The fourth-order valence-corrected chi connectivity index (χ4v) is 2.77. The molecule has 1 unspecified atom stereocenters. The minimum absolute atomic E-state index is 0.0215. The Kier molecular flexibility index (Phi) is 4.10. The number of likely N-dealkylation sites (N-methyl/N-ethyl adjacent to an activating group) is 1. The highest BCUT2D eigenvalue weighted by molar-refractivity contribution is 5.99. The van der Waals surface area contributed by atoms with E-state index in [1.807, 2.05) is 18.2 Å². The molecule has 19 heavy (non-hydrogen) atoms. The monoisotopic (exact) mass is 261 g/mol. The van der Waals surface area contributed by atoms with Crippen molar-refractivity contribution < 1.29 is 4.79 Å². The summed E-state index contributed by atoms with van der Waals surface area (Å²) < 4.78 is 0. The number of nitrogens with zero attached hydrogens (tertiary/aromatic N) is 2. The second-order valence-corrected chi connectivity index (χ2v) is 5.25. The number of piperazine rings is 1. The van der Waals surface area contributed by atoms with Crippen LogP contribution in [0.2, 0.25) is 0 Å². The second kappa shape index (κ2) is 5.61. The van der Waals surface area contributed by atoms with Crippen LogP contribution in [0.5, 0.6) is 0 Å². The molecular weight excluding hydrogens is 238 g/mol. The zero-order valence-corrected chi connectivity index (χ0v) is 12.0. The fraction of sp³-hybridized carbons (Fsp3) is 0.533. The predicted molar refractivity (Wildman–Crippen MR) is 79.8 cm³/mol. The Labute approximate surface area is 115 Å². The number of Topliss-reactive ketones (excluding diaryl/α,β-unsaturated/α-hetero) is 1. The van der Waals surface area contributed by atoms with Gasteiger partial charge in [-0.25, -0.2) is 0 Å². The van der Waals surface area contributed by atoms with Crippen LogP contribution in [0.4, 0.5) is 11.4 Å². The zero-order chi connectivity index (χ0) is 14.0. The second-order valence-electron chi connectivity index (χ2n) is 5.25. The summed E-state index contributed by atoms with van der Waals surface area (Å²) in [5.74, 6) is 0.0215. The van der Waals surface area contributed by atoms with E-state index in [0.29, 0.717) is 17.3 Å². The van der Waals surface area contributed by atoms with E-state index in [4.69, 9.17) is 5.73 Å². The van der Waals surface area contributed by atoms with Crippen molar-refractivity contribution >= 4 is 17.2 Å². The molecule has 1 aliphatic rings. The minimum Gasteiger partial charge on any atom is -0.398 e. The Morgan fingerprint density at radius 3 is 2.68 bits per heavy atom. The number of nitrogens with two attached hydrogens (primary N) is 1. The van der Waals surface area contributed by atoms with Gasteiger partial charge in [-0.15, -0.1) is 0 Å². The average molecular weight is 261 g/mol. The summed E-state index contributed by atoms with van der Waals surface area (Å²) in [5, 5.41) is 0. The Bertz CT molecular complexity index is 472. The average Bonchev–Trinajstić information content (AvgIpc) is 2.38. The molecular formula is C15H23N3O. The van der Waals surface area contributed by atoms with Gasteiger partial charge in [0.25, 0.3) is 0 Å². The van der Waals surface area contributed by atoms with E-state index in [1.54, 1.807) is 6.92 Å². The minimum atomic E-state index is 0.0215. The molecule has 0 bridgehead atoms. The summed E-state index contributed by atoms with van der Waals surface area (Å²) in [6.45, 7) is 10.2. The quantitative estimate of drug-likeness (QED) is 0.668. The van der Waals surface area contributed by atoms with Crippen molar-refractivity contribution in [2.45, 2.75) is 26.8 Å². The van der Waals surface area contributed by atoms with Crippen molar-refractivity contribution in [1.29, 1.82) is 0 Å². The fourth-order valence-electron chi connectivity index (χ4n) is 2.77. The van der Waals surface area contributed by atoms with Crippen molar-refractivity contribution in [3.05, 3.63) is 23.8 Å². The molecule has 2 N–H and O–H groups in total. The summed E-state index contributed by atoms with van der Waals surface area (Å²) in [6.07, 6.45) is 0. The first-order valence-corrected chi connectivity index (χ1v) is 6.92. The molecule has 4 nitrogen and oxygen atoms in total. The lowest BCUT2D eigenvalue weighted by Gasteiger charge is -2.40. The highest BCUT2D eigenvalue weighted by Gasteiger charge is 2.22. The van der Waals surface area contributed by atoms with Crippen LogP contribution in [0.15, 0.2) is 18.2 Å². The molecule has 1 aromatic carbocycles. The third-order valence-corrected chi connectivity index (χ3v) is 3.95. The topological polar surface area (TPSA) is 49.6 Å². The molecule has 1 atom stereocenters. The van der Waals surface area contributed by atoms with Crippen molar-refractivity contribution in [2.24, 2.45) is 0 Å². The van der Waals surface area contributed by atoms with E-state index in [2.05, 4.69) is 23.6 Å². The lowest BCUT2D eigenvalue weighted by atomic mass is 10.1. The van der Waals surface area contributed by atoms with Gasteiger partial charge in [0, 0.05) is 42.6 Å². The highest BCUT2D eigenvalue weighted by atomic mass is 16.1. The molecule has 0 radical (unpaired) electrons. The van der Waals surface area contributed by atoms with E-state index in [9.17, 15) is 4.79 Å². The van der Waals surface area contributed by atoms with Gasteiger partial charge in [0.15, 0.2) is 5.78 Å². The normalized spacial score (nSPS) is 20.6. The maximum atomic E-state index is 11.4. The lowest BCUT2D eigenvalue weighted by molar-refractivity contribution is 0.101. The van der Waals surface area contributed by atoms with Crippen LogP contribution in [-0.2, 0) is 0 Å². The largest absolute Gasteiger partial charge is 0.398 e. The molecule has 1 aliphatic heterocycles. The Hall–Kier alpha value is -1.55. The van der Waals surface area contributed by atoms with Crippen LogP contribution < -0.4 is 10.6 Å². The van der Waals surface area contributed by atoms with Gasteiger partial charge in [0.1, 0.15) is 0 Å². The molecule has 4 heteroatoms. The van der Waals surface area contributed by atoms with Crippen LogP contribution >= 0.6 is 0 Å². The molecule has 0 aliphatic carbocycles. The molecule has 2 rings (SSSR count). The van der Waals surface area contributed by atoms with Gasteiger partial charge in [0.05, 0.1) is 0 Å². The number of carbonyl (C=O) groups excluding carboxylic acids is 1. The molecule has 0 amide bonds. The first-order valence-electron chi connectivity index (χ1n) is 6.92. The number of benzene rings is 1. The molecule has 1 aromatic rings. The van der Waals surface area contributed by atoms with E-state index in [1.165, 1.54) is 0 Å². The number of carbonyl (C=O) groups is 1. The van der Waals surface area contributed by atoms with Gasteiger partial charge in [-0.05, 0) is 38.6 Å². The lowest BCUT2D eigenvalue weighted by Crippen LogP contribution is -2.51. The summed E-state index contributed by atoms with van der Waals surface area (Å²) in [7, 11) is 0. The first-order chi connectivity index (χ1) is 9.02. The van der Waals surface area contributed by atoms with E-state index >= 15 is 0 Å².